The number of nitrogens with zero attached hydrogens (tertiary/aromatic N) is 1. The van der Waals surface area contributed by atoms with Gasteiger partial charge in [0, 0.05) is 30.6 Å². The first-order valence-corrected chi connectivity index (χ1v) is 11.7. The second-order valence-corrected chi connectivity index (χ2v) is 9.22. The van der Waals surface area contributed by atoms with Gasteiger partial charge >= 0.3 is 12.1 Å². The smallest absolute Gasteiger partial charge is 0.416 e. The number of amides is 1. The van der Waals surface area contributed by atoms with Crippen LogP contribution in [0.15, 0.2) is 47.3 Å². The van der Waals surface area contributed by atoms with Gasteiger partial charge in [0.05, 0.1) is 5.56 Å². The first-order chi connectivity index (χ1) is 17.8. The Balaban J connectivity index is 1.70. The minimum Gasteiger partial charge on any atom is -0.480 e. The van der Waals surface area contributed by atoms with E-state index in [4.69, 9.17) is 0 Å². The predicted molar refractivity (Wildman–Crippen MR) is 127 cm³/mol. The zero-order valence-electron chi connectivity index (χ0n) is 20.3. The molecule has 11 heteroatoms. The van der Waals surface area contributed by atoms with Crippen molar-refractivity contribution in [3.05, 3.63) is 104 Å². The summed E-state index contributed by atoms with van der Waals surface area (Å²) in [5.74, 6) is -5.90. The number of hydrogen-bond acceptors (Lipinski definition) is 3. The standard InChI is InChI=1S/C27H23F5N2O4/c1-13-11-18(27(30,31)32)22(25(36)34(13)2)17-10-9-15-14(5-3-6-16(15)17)12-21(26(37)38)33-24(35)23-19(28)7-4-8-20(23)29/h3-8,11,17,21H,9-10,12H2,1-2H3,(H,33,35)(H,37,38)/t17-,21-/m0/s1. The molecule has 2 aromatic carbocycles. The summed E-state index contributed by atoms with van der Waals surface area (Å²) in [5.41, 5.74) is -1.44. The highest BCUT2D eigenvalue weighted by molar-refractivity contribution is 5.97. The van der Waals surface area contributed by atoms with E-state index >= 15 is 0 Å². The topological polar surface area (TPSA) is 88.4 Å². The normalized spacial score (nSPS) is 15.7. The zero-order chi connectivity index (χ0) is 27.9. The molecular formula is C27H23F5N2O4. The van der Waals surface area contributed by atoms with Crippen molar-refractivity contribution in [3.63, 3.8) is 0 Å². The molecule has 0 saturated heterocycles. The molecule has 1 amide bonds. The second-order valence-electron chi connectivity index (χ2n) is 9.22. The average molecular weight is 534 g/mol. The molecule has 0 unspecified atom stereocenters. The van der Waals surface area contributed by atoms with Crippen molar-refractivity contribution in [2.45, 2.75) is 44.3 Å². The van der Waals surface area contributed by atoms with Crippen molar-refractivity contribution < 1.29 is 36.6 Å². The number of aromatic nitrogens is 1. The molecule has 0 spiro atoms. The highest BCUT2D eigenvalue weighted by Gasteiger charge is 2.40. The van der Waals surface area contributed by atoms with Crippen molar-refractivity contribution in [1.29, 1.82) is 0 Å². The third kappa shape index (κ3) is 4.92. The Morgan fingerprint density at radius 1 is 1.13 bits per heavy atom. The van der Waals surface area contributed by atoms with Gasteiger partial charge in [-0.1, -0.05) is 24.3 Å². The van der Waals surface area contributed by atoms with Crippen LogP contribution in [0.2, 0.25) is 0 Å². The third-order valence-corrected chi connectivity index (χ3v) is 6.95. The molecule has 0 saturated carbocycles. The number of carbonyl (C=O) groups excluding carboxylic acids is 1. The first-order valence-electron chi connectivity index (χ1n) is 11.7. The number of halogens is 5. The van der Waals surface area contributed by atoms with Crippen molar-refractivity contribution in [2.24, 2.45) is 7.05 Å². The Labute approximate surface area is 213 Å². The molecule has 1 aliphatic carbocycles. The van der Waals surface area contributed by atoms with E-state index in [1.54, 1.807) is 12.1 Å². The van der Waals surface area contributed by atoms with Crippen molar-refractivity contribution in [1.82, 2.24) is 9.88 Å². The fourth-order valence-electron chi connectivity index (χ4n) is 5.00. The van der Waals surface area contributed by atoms with Gasteiger partial charge in [0.25, 0.3) is 11.5 Å². The Kier molecular flexibility index (Phi) is 7.14. The molecule has 6 nitrogen and oxygen atoms in total. The highest BCUT2D eigenvalue weighted by Crippen LogP contribution is 2.43. The highest BCUT2D eigenvalue weighted by atomic mass is 19.4. The number of aliphatic carboxylic acids is 1. The molecule has 2 atom stereocenters. The van der Waals surface area contributed by atoms with Crippen LogP contribution in [-0.4, -0.2) is 27.6 Å². The van der Waals surface area contributed by atoms with E-state index in [1.807, 2.05) is 0 Å². The van der Waals surface area contributed by atoms with Gasteiger partial charge in [-0.3, -0.25) is 9.59 Å². The van der Waals surface area contributed by atoms with Gasteiger partial charge in [-0.05, 0) is 54.7 Å². The lowest BCUT2D eigenvalue weighted by atomic mass is 9.88. The van der Waals surface area contributed by atoms with E-state index in [2.05, 4.69) is 5.32 Å². The molecule has 2 N–H and O–H groups in total. The quantitative estimate of drug-likeness (QED) is 0.456. The lowest BCUT2D eigenvalue weighted by molar-refractivity contribution is -0.139. The van der Waals surface area contributed by atoms with E-state index in [9.17, 15) is 41.4 Å². The molecular weight excluding hydrogens is 511 g/mol. The Bertz CT molecular complexity index is 1480. The number of alkyl halides is 3. The number of nitrogens with one attached hydrogen (secondary N) is 1. The van der Waals surface area contributed by atoms with Crippen LogP contribution in [0.3, 0.4) is 0 Å². The van der Waals surface area contributed by atoms with Crippen LogP contribution in [0.1, 0.15) is 56.2 Å². The maximum absolute atomic E-state index is 14.0. The largest absolute Gasteiger partial charge is 0.480 e. The van der Waals surface area contributed by atoms with Crippen molar-refractivity contribution >= 4 is 11.9 Å². The molecule has 3 aromatic rings. The van der Waals surface area contributed by atoms with Gasteiger partial charge in [-0.15, -0.1) is 0 Å². The summed E-state index contributed by atoms with van der Waals surface area (Å²) in [4.78, 5) is 37.4. The number of carboxylic acid groups (broad SMARTS) is 1. The Hall–Kier alpha value is -4.02. The monoisotopic (exact) mass is 534 g/mol. The van der Waals surface area contributed by atoms with Gasteiger partial charge in [0.15, 0.2) is 0 Å². The van der Waals surface area contributed by atoms with Gasteiger partial charge in [0.2, 0.25) is 0 Å². The molecule has 1 aliphatic rings. The van der Waals surface area contributed by atoms with Crippen LogP contribution in [0.5, 0.6) is 0 Å². The van der Waals surface area contributed by atoms with E-state index in [-0.39, 0.29) is 30.5 Å². The molecule has 0 fully saturated rings. The Morgan fingerprint density at radius 3 is 2.37 bits per heavy atom. The Morgan fingerprint density at radius 2 is 1.76 bits per heavy atom. The minimum absolute atomic E-state index is 0.157. The van der Waals surface area contributed by atoms with Gasteiger partial charge in [-0.2, -0.15) is 13.2 Å². The van der Waals surface area contributed by atoms with Crippen molar-refractivity contribution in [3.8, 4) is 0 Å². The molecule has 4 rings (SSSR count). The van der Waals surface area contributed by atoms with E-state index < -0.39 is 58.3 Å². The van der Waals surface area contributed by atoms with Crippen LogP contribution in [0.4, 0.5) is 22.0 Å². The fraction of sp³-hybridized carbons (Fsp3) is 0.296. The van der Waals surface area contributed by atoms with Crippen LogP contribution in [0, 0.1) is 18.6 Å². The molecule has 200 valence electrons. The molecule has 0 aliphatic heterocycles. The number of rotatable bonds is 6. The number of hydrogen-bond donors (Lipinski definition) is 2. The summed E-state index contributed by atoms with van der Waals surface area (Å²) in [7, 11) is 1.39. The van der Waals surface area contributed by atoms with Gasteiger partial charge < -0.3 is 15.0 Å². The molecule has 1 heterocycles. The summed E-state index contributed by atoms with van der Waals surface area (Å²) in [5, 5.41) is 11.8. The average Bonchev–Trinajstić information content (AvgIpc) is 3.26. The first kappa shape index (κ1) is 27.0. The third-order valence-electron chi connectivity index (χ3n) is 6.95. The van der Waals surface area contributed by atoms with Crippen LogP contribution in [0.25, 0.3) is 0 Å². The number of aryl methyl sites for hydroxylation is 1. The lowest BCUT2D eigenvalue weighted by Gasteiger charge is -2.21. The summed E-state index contributed by atoms with van der Waals surface area (Å²) in [6.45, 7) is 1.41. The van der Waals surface area contributed by atoms with E-state index in [0.29, 0.717) is 16.7 Å². The maximum Gasteiger partial charge on any atom is 0.416 e. The molecule has 38 heavy (non-hydrogen) atoms. The number of pyridine rings is 1. The summed E-state index contributed by atoms with van der Waals surface area (Å²) >= 11 is 0. The molecule has 0 radical (unpaired) electrons. The summed E-state index contributed by atoms with van der Waals surface area (Å²) < 4.78 is 70.9. The van der Waals surface area contributed by atoms with Crippen LogP contribution in [-0.2, 0) is 30.9 Å². The maximum atomic E-state index is 14.0. The summed E-state index contributed by atoms with van der Waals surface area (Å²) in [6, 6.07) is 6.86. The van der Waals surface area contributed by atoms with Gasteiger partial charge in [0.1, 0.15) is 23.2 Å². The van der Waals surface area contributed by atoms with Crippen LogP contribution >= 0.6 is 0 Å². The minimum atomic E-state index is -4.76. The number of carboxylic acids is 1. The predicted octanol–water partition coefficient (Wildman–Crippen LogP) is 4.49. The molecule has 0 bridgehead atoms. The van der Waals surface area contributed by atoms with Crippen LogP contribution < -0.4 is 10.9 Å². The van der Waals surface area contributed by atoms with Gasteiger partial charge in [-0.25, -0.2) is 13.6 Å². The fourth-order valence-corrected chi connectivity index (χ4v) is 5.00. The number of benzene rings is 2. The molecule has 1 aromatic heterocycles. The summed E-state index contributed by atoms with van der Waals surface area (Å²) in [6.07, 6.45) is -4.58. The zero-order valence-corrected chi connectivity index (χ0v) is 20.3. The SMILES string of the molecule is Cc1cc(C(F)(F)F)c([C@H]2CCc3c(C[C@H](NC(=O)c4c(F)cccc4F)C(=O)O)cccc32)c(=O)n1C. The van der Waals surface area contributed by atoms with E-state index in [0.717, 1.165) is 28.8 Å². The second kappa shape index (κ2) is 10.0. The number of fused-ring (bicyclic) bond motifs is 1. The van der Waals surface area contributed by atoms with E-state index in [1.165, 1.54) is 20.0 Å². The number of carbonyl (C=O) groups is 2. The van der Waals surface area contributed by atoms with Crippen molar-refractivity contribution in [2.75, 3.05) is 0 Å². The lowest BCUT2D eigenvalue weighted by Crippen LogP contribution is -2.43.